The number of aliphatic imine (C=N–C) groups is 1. The largest absolute Gasteiger partial charge is 0.370 e. The van der Waals surface area contributed by atoms with Gasteiger partial charge in [-0.2, -0.15) is 0 Å². The Balaban J connectivity index is 2.56. The van der Waals surface area contributed by atoms with Crippen LogP contribution in [0.5, 0.6) is 0 Å². The second kappa shape index (κ2) is 6.45. The summed E-state index contributed by atoms with van der Waals surface area (Å²) in [6.45, 7) is 9.03. The molecule has 1 aromatic rings. The highest BCUT2D eigenvalue weighted by Crippen LogP contribution is 2.17. The second-order valence-electron chi connectivity index (χ2n) is 4.10. The SMILES string of the molecule is C=C(C)CNC(N)=NCc1ccc(Br)c(C)c1. The molecule has 0 amide bonds. The van der Waals surface area contributed by atoms with Gasteiger partial charge in [-0.15, -0.1) is 0 Å². The molecule has 17 heavy (non-hydrogen) atoms. The highest BCUT2D eigenvalue weighted by Gasteiger charge is 1.97. The van der Waals surface area contributed by atoms with Gasteiger partial charge in [-0.25, -0.2) is 4.99 Å². The van der Waals surface area contributed by atoms with Gasteiger partial charge in [0.25, 0.3) is 0 Å². The molecule has 0 heterocycles. The van der Waals surface area contributed by atoms with Crippen molar-refractivity contribution in [3.8, 4) is 0 Å². The summed E-state index contributed by atoms with van der Waals surface area (Å²) in [7, 11) is 0. The lowest BCUT2D eigenvalue weighted by Gasteiger charge is -2.05. The average molecular weight is 296 g/mol. The molecule has 1 aromatic carbocycles. The Morgan fingerprint density at radius 3 is 2.82 bits per heavy atom. The number of rotatable bonds is 4. The Hall–Kier alpha value is -1.29. The van der Waals surface area contributed by atoms with Gasteiger partial charge in [-0.05, 0) is 31.0 Å². The zero-order valence-corrected chi connectivity index (χ0v) is 11.8. The molecule has 0 saturated heterocycles. The van der Waals surface area contributed by atoms with Crippen LogP contribution in [0.15, 0.2) is 39.8 Å². The highest BCUT2D eigenvalue weighted by molar-refractivity contribution is 9.10. The van der Waals surface area contributed by atoms with E-state index in [2.05, 4.69) is 45.8 Å². The maximum atomic E-state index is 5.73. The third-order valence-corrected chi connectivity index (χ3v) is 3.12. The topological polar surface area (TPSA) is 50.4 Å². The molecule has 1 rings (SSSR count). The van der Waals surface area contributed by atoms with E-state index < -0.39 is 0 Å². The predicted octanol–water partition coefficient (Wildman–Crippen LogP) is 2.74. The summed E-state index contributed by atoms with van der Waals surface area (Å²) in [5, 5.41) is 3.00. The Bertz CT molecular complexity index is 438. The molecule has 0 bridgehead atoms. The van der Waals surface area contributed by atoms with E-state index >= 15 is 0 Å². The highest BCUT2D eigenvalue weighted by atomic mass is 79.9. The minimum Gasteiger partial charge on any atom is -0.370 e. The van der Waals surface area contributed by atoms with Crippen LogP contribution >= 0.6 is 15.9 Å². The van der Waals surface area contributed by atoms with Gasteiger partial charge in [0.2, 0.25) is 0 Å². The average Bonchev–Trinajstić information content (AvgIpc) is 2.28. The molecule has 0 spiro atoms. The van der Waals surface area contributed by atoms with Gasteiger partial charge >= 0.3 is 0 Å². The number of guanidine groups is 1. The molecular formula is C13H18BrN3. The van der Waals surface area contributed by atoms with Crippen molar-refractivity contribution < 1.29 is 0 Å². The van der Waals surface area contributed by atoms with E-state index in [0.29, 0.717) is 19.0 Å². The minimum absolute atomic E-state index is 0.452. The van der Waals surface area contributed by atoms with Crippen molar-refractivity contribution in [2.24, 2.45) is 10.7 Å². The van der Waals surface area contributed by atoms with Crippen LogP contribution in [0.3, 0.4) is 0 Å². The van der Waals surface area contributed by atoms with E-state index in [0.717, 1.165) is 15.6 Å². The number of halogens is 1. The van der Waals surface area contributed by atoms with Crippen LogP contribution in [0.1, 0.15) is 18.1 Å². The first-order chi connectivity index (χ1) is 7.99. The molecule has 92 valence electrons. The first kappa shape index (κ1) is 13.8. The zero-order chi connectivity index (χ0) is 12.8. The van der Waals surface area contributed by atoms with E-state index in [4.69, 9.17) is 5.73 Å². The summed E-state index contributed by atoms with van der Waals surface area (Å²) < 4.78 is 1.11. The predicted molar refractivity (Wildman–Crippen MR) is 77.0 cm³/mol. The Kier molecular flexibility index (Phi) is 5.22. The first-order valence-electron chi connectivity index (χ1n) is 5.42. The number of hydrogen-bond acceptors (Lipinski definition) is 1. The summed E-state index contributed by atoms with van der Waals surface area (Å²) in [4.78, 5) is 4.26. The van der Waals surface area contributed by atoms with E-state index in [1.165, 1.54) is 5.56 Å². The quantitative estimate of drug-likeness (QED) is 0.510. The third kappa shape index (κ3) is 5.04. The van der Waals surface area contributed by atoms with Gasteiger partial charge in [0.15, 0.2) is 5.96 Å². The molecule has 0 aliphatic carbocycles. The van der Waals surface area contributed by atoms with Crippen LogP contribution < -0.4 is 11.1 Å². The molecule has 0 unspecified atom stereocenters. The molecule has 3 N–H and O–H groups in total. The summed E-state index contributed by atoms with van der Waals surface area (Å²) in [6.07, 6.45) is 0. The molecule has 0 aliphatic heterocycles. The molecule has 0 saturated carbocycles. The second-order valence-corrected chi connectivity index (χ2v) is 4.95. The lowest BCUT2D eigenvalue weighted by atomic mass is 10.1. The van der Waals surface area contributed by atoms with Crippen LogP contribution in [0, 0.1) is 6.92 Å². The minimum atomic E-state index is 0.452. The van der Waals surface area contributed by atoms with Crippen molar-refractivity contribution in [1.82, 2.24) is 5.32 Å². The fourth-order valence-electron chi connectivity index (χ4n) is 1.28. The van der Waals surface area contributed by atoms with Crippen molar-refractivity contribution in [3.63, 3.8) is 0 Å². The van der Waals surface area contributed by atoms with Crippen molar-refractivity contribution in [3.05, 3.63) is 46.0 Å². The van der Waals surface area contributed by atoms with Crippen LogP contribution in [-0.2, 0) is 6.54 Å². The fraction of sp³-hybridized carbons (Fsp3) is 0.308. The van der Waals surface area contributed by atoms with E-state index in [1.807, 2.05) is 19.1 Å². The van der Waals surface area contributed by atoms with Crippen LogP contribution in [0.25, 0.3) is 0 Å². The van der Waals surface area contributed by atoms with Gasteiger partial charge in [0.1, 0.15) is 0 Å². The smallest absolute Gasteiger partial charge is 0.189 e. The Morgan fingerprint density at radius 1 is 1.53 bits per heavy atom. The monoisotopic (exact) mass is 295 g/mol. The number of nitrogens with two attached hydrogens (primary N) is 1. The van der Waals surface area contributed by atoms with Gasteiger partial charge < -0.3 is 11.1 Å². The Morgan fingerprint density at radius 2 is 2.24 bits per heavy atom. The van der Waals surface area contributed by atoms with Crippen molar-refractivity contribution in [1.29, 1.82) is 0 Å². The van der Waals surface area contributed by atoms with Crippen LogP contribution in [0.2, 0.25) is 0 Å². The van der Waals surface area contributed by atoms with E-state index in [-0.39, 0.29) is 0 Å². The lowest BCUT2D eigenvalue weighted by Crippen LogP contribution is -2.32. The molecular weight excluding hydrogens is 278 g/mol. The first-order valence-corrected chi connectivity index (χ1v) is 6.21. The van der Waals surface area contributed by atoms with Gasteiger partial charge in [-0.3, -0.25) is 0 Å². The van der Waals surface area contributed by atoms with E-state index in [9.17, 15) is 0 Å². The number of hydrogen-bond donors (Lipinski definition) is 2. The maximum absolute atomic E-state index is 5.73. The molecule has 4 heteroatoms. The van der Waals surface area contributed by atoms with Crippen LogP contribution in [-0.4, -0.2) is 12.5 Å². The standard InChI is InChI=1S/C13H18BrN3/c1-9(2)7-16-13(15)17-8-11-4-5-12(14)10(3)6-11/h4-6H,1,7-8H2,2-3H3,(H3,15,16,17). The van der Waals surface area contributed by atoms with Crippen molar-refractivity contribution >= 4 is 21.9 Å². The summed E-state index contributed by atoms with van der Waals surface area (Å²) in [5.74, 6) is 0.452. The zero-order valence-electron chi connectivity index (χ0n) is 10.3. The summed E-state index contributed by atoms with van der Waals surface area (Å²) in [5.41, 5.74) is 9.10. The van der Waals surface area contributed by atoms with Crippen molar-refractivity contribution in [2.45, 2.75) is 20.4 Å². The number of aryl methyl sites for hydroxylation is 1. The summed E-state index contributed by atoms with van der Waals surface area (Å²) >= 11 is 3.47. The van der Waals surface area contributed by atoms with Crippen molar-refractivity contribution in [2.75, 3.05) is 6.54 Å². The normalized spacial score (nSPS) is 11.4. The van der Waals surface area contributed by atoms with Gasteiger partial charge in [0, 0.05) is 11.0 Å². The fourth-order valence-corrected chi connectivity index (χ4v) is 1.53. The number of benzene rings is 1. The third-order valence-electron chi connectivity index (χ3n) is 2.23. The summed E-state index contributed by atoms with van der Waals surface area (Å²) in [6, 6.07) is 6.16. The number of nitrogens with zero attached hydrogens (tertiary/aromatic N) is 1. The molecule has 0 aromatic heterocycles. The molecule has 3 nitrogen and oxygen atoms in total. The molecule has 0 fully saturated rings. The molecule has 0 atom stereocenters. The van der Waals surface area contributed by atoms with Gasteiger partial charge in [0.05, 0.1) is 6.54 Å². The van der Waals surface area contributed by atoms with Gasteiger partial charge in [-0.1, -0.05) is 40.2 Å². The lowest BCUT2D eigenvalue weighted by molar-refractivity contribution is 0.939. The molecule has 0 aliphatic rings. The van der Waals surface area contributed by atoms with E-state index in [1.54, 1.807) is 0 Å². The maximum Gasteiger partial charge on any atom is 0.189 e. The molecule has 0 radical (unpaired) electrons. The Labute approximate surface area is 111 Å². The van der Waals surface area contributed by atoms with Crippen LogP contribution in [0.4, 0.5) is 0 Å². The number of nitrogens with one attached hydrogen (secondary N) is 1.